The summed E-state index contributed by atoms with van der Waals surface area (Å²) in [5.41, 5.74) is 3.39. The minimum absolute atomic E-state index is 0.130. The molecule has 5 nitrogen and oxygen atoms in total. The molecule has 1 amide bonds. The van der Waals surface area contributed by atoms with Gasteiger partial charge in [0.15, 0.2) is 0 Å². The maximum Gasteiger partial charge on any atom is 0.259 e. The number of nitrogens with one attached hydrogen (secondary N) is 2. The van der Waals surface area contributed by atoms with Gasteiger partial charge in [0.25, 0.3) is 5.91 Å². The number of aryl methyl sites for hydroxylation is 1. The monoisotopic (exact) mass is 286 g/mol. The molecule has 21 heavy (non-hydrogen) atoms. The van der Waals surface area contributed by atoms with Crippen molar-refractivity contribution in [1.29, 1.82) is 0 Å². The van der Waals surface area contributed by atoms with Gasteiger partial charge in [0.2, 0.25) is 0 Å². The van der Waals surface area contributed by atoms with Gasteiger partial charge in [0.1, 0.15) is 0 Å². The summed E-state index contributed by atoms with van der Waals surface area (Å²) in [6, 6.07) is 8.30. The van der Waals surface area contributed by atoms with Crippen LogP contribution >= 0.6 is 0 Å². The van der Waals surface area contributed by atoms with Crippen LogP contribution < -0.4 is 10.6 Å². The molecule has 0 unspecified atom stereocenters. The van der Waals surface area contributed by atoms with E-state index in [0.29, 0.717) is 11.6 Å². The summed E-state index contributed by atoms with van der Waals surface area (Å²) in [7, 11) is 1.82. The molecule has 112 valence electrons. The lowest BCUT2D eigenvalue weighted by molar-refractivity contribution is 0.102. The van der Waals surface area contributed by atoms with Gasteiger partial charge in [-0.05, 0) is 24.6 Å². The lowest BCUT2D eigenvalue weighted by Gasteiger charge is -2.10. The van der Waals surface area contributed by atoms with Crippen molar-refractivity contribution in [3.05, 3.63) is 47.3 Å². The Morgan fingerprint density at radius 3 is 2.76 bits per heavy atom. The van der Waals surface area contributed by atoms with E-state index in [1.54, 1.807) is 10.9 Å². The Kier molecular flexibility index (Phi) is 4.75. The lowest BCUT2D eigenvalue weighted by atomic mass is 10.1. The number of hydrogen-bond acceptors (Lipinski definition) is 3. The standard InChI is InChI=1S/C16H22N4O/c1-11(2)17-9-13-6-5-7-14(8-13)19-16(21)15-10-18-20(4)12(15)3/h5-8,10-11,17H,9H2,1-4H3,(H,19,21). The van der Waals surface area contributed by atoms with Crippen LogP contribution in [0.4, 0.5) is 5.69 Å². The molecule has 0 aliphatic rings. The second-order valence-corrected chi connectivity index (χ2v) is 5.46. The summed E-state index contributed by atoms with van der Waals surface area (Å²) in [5.74, 6) is -0.130. The van der Waals surface area contributed by atoms with Gasteiger partial charge in [0, 0.05) is 31.0 Å². The molecule has 5 heteroatoms. The number of anilines is 1. The van der Waals surface area contributed by atoms with Gasteiger partial charge < -0.3 is 10.6 Å². The predicted octanol–water partition coefficient (Wildman–Crippen LogP) is 2.48. The second-order valence-electron chi connectivity index (χ2n) is 5.46. The number of benzene rings is 1. The summed E-state index contributed by atoms with van der Waals surface area (Å²) >= 11 is 0. The summed E-state index contributed by atoms with van der Waals surface area (Å²) in [6.45, 7) is 6.88. The van der Waals surface area contributed by atoms with Gasteiger partial charge in [0.05, 0.1) is 11.8 Å². The van der Waals surface area contributed by atoms with E-state index >= 15 is 0 Å². The normalized spacial score (nSPS) is 10.9. The van der Waals surface area contributed by atoms with Crippen LogP contribution in [-0.4, -0.2) is 21.7 Å². The van der Waals surface area contributed by atoms with Crippen molar-refractivity contribution >= 4 is 11.6 Å². The lowest BCUT2D eigenvalue weighted by Crippen LogP contribution is -2.22. The molecule has 0 bridgehead atoms. The fraction of sp³-hybridized carbons (Fsp3) is 0.375. The zero-order valence-corrected chi connectivity index (χ0v) is 13.0. The first-order chi connectivity index (χ1) is 9.97. The highest BCUT2D eigenvalue weighted by Gasteiger charge is 2.12. The van der Waals surface area contributed by atoms with Crippen molar-refractivity contribution in [3.63, 3.8) is 0 Å². The van der Waals surface area contributed by atoms with Crippen LogP contribution in [0.1, 0.15) is 35.5 Å². The number of amides is 1. The van der Waals surface area contributed by atoms with E-state index < -0.39 is 0 Å². The largest absolute Gasteiger partial charge is 0.322 e. The number of carbonyl (C=O) groups is 1. The highest BCUT2D eigenvalue weighted by Crippen LogP contribution is 2.14. The number of carbonyl (C=O) groups excluding carboxylic acids is 1. The molecule has 0 fully saturated rings. The van der Waals surface area contributed by atoms with E-state index in [2.05, 4.69) is 29.6 Å². The molecule has 2 aromatic rings. The summed E-state index contributed by atoms with van der Waals surface area (Å²) in [4.78, 5) is 12.2. The first-order valence-electron chi connectivity index (χ1n) is 7.09. The first kappa shape index (κ1) is 15.3. The smallest absolute Gasteiger partial charge is 0.259 e. The molecule has 1 aromatic heterocycles. The highest BCUT2D eigenvalue weighted by molar-refractivity contribution is 6.04. The third kappa shape index (κ3) is 3.92. The summed E-state index contributed by atoms with van der Waals surface area (Å²) < 4.78 is 1.69. The van der Waals surface area contributed by atoms with Gasteiger partial charge in [-0.3, -0.25) is 9.48 Å². The van der Waals surface area contributed by atoms with Crippen molar-refractivity contribution in [1.82, 2.24) is 15.1 Å². The molecule has 2 rings (SSSR count). The Hall–Kier alpha value is -2.14. The Morgan fingerprint density at radius 2 is 2.14 bits per heavy atom. The molecular formula is C16H22N4O. The zero-order valence-electron chi connectivity index (χ0n) is 13.0. The van der Waals surface area contributed by atoms with Crippen molar-refractivity contribution < 1.29 is 4.79 Å². The van der Waals surface area contributed by atoms with Gasteiger partial charge in [-0.25, -0.2) is 0 Å². The molecule has 0 spiro atoms. The minimum Gasteiger partial charge on any atom is -0.322 e. The predicted molar refractivity (Wildman–Crippen MR) is 84.3 cm³/mol. The number of rotatable bonds is 5. The van der Waals surface area contributed by atoms with Gasteiger partial charge in [-0.2, -0.15) is 5.10 Å². The Morgan fingerprint density at radius 1 is 1.38 bits per heavy atom. The molecule has 0 atom stereocenters. The average molecular weight is 286 g/mol. The van der Waals surface area contributed by atoms with Crippen LogP contribution in [0.3, 0.4) is 0 Å². The second kappa shape index (κ2) is 6.54. The molecule has 0 radical (unpaired) electrons. The van der Waals surface area contributed by atoms with Gasteiger partial charge in [-0.1, -0.05) is 26.0 Å². The molecular weight excluding hydrogens is 264 g/mol. The maximum atomic E-state index is 12.2. The van der Waals surface area contributed by atoms with Crippen LogP contribution in [0.15, 0.2) is 30.5 Å². The maximum absolute atomic E-state index is 12.2. The Bertz CT molecular complexity index is 631. The van der Waals surface area contributed by atoms with Crippen LogP contribution in [-0.2, 0) is 13.6 Å². The van der Waals surface area contributed by atoms with Crippen LogP contribution in [0.25, 0.3) is 0 Å². The van der Waals surface area contributed by atoms with Crippen molar-refractivity contribution in [3.8, 4) is 0 Å². The van der Waals surface area contributed by atoms with E-state index in [-0.39, 0.29) is 5.91 Å². The minimum atomic E-state index is -0.130. The number of nitrogens with zero attached hydrogens (tertiary/aromatic N) is 2. The topological polar surface area (TPSA) is 59.0 Å². The molecule has 0 aliphatic heterocycles. The highest BCUT2D eigenvalue weighted by atomic mass is 16.1. The van der Waals surface area contributed by atoms with E-state index in [4.69, 9.17) is 0 Å². The fourth-order valence-corrected chi connectivity index (χ4v) is 2.00. The van der Waals surface area contributed by atoms with Crippen molar-refractivity contribution in [2.75, 3.05) is 5.32 Å². The average Bonchev–Trinajstić information content (AvgIpc) is 2.77. The third-order valence-corrected chi connectivity index (χ3v) is 3.38. The molecule has 1 heterocycles. The van der Waals surface area contributed by atoms with Crippen molar-refractivity contribution in [2.24, 2.45) is 7.05 Å². The Balaban J connectivity index is 2.07. The molecule has 2 N–H and O–H groups in total. The fourth-order valence-electron chi connectivity index (χ4n) is 2.00. The zero-order chi connectivity index (χ0) is 15.4. The van der Waals surface area contributed by atoms with Crippen LogP contribution in [0.2, 0.25) is 0 Å². The van der Waals surface area contributed by atoms with Crippen LogP contribution in [0.5, 0.6) is 0 Å². The van der Waals surface area contributed by atoms with Gasteiger partial charge in [-0.15, -0.1) is 0 Å². The third-order valence-electron chi connectivity index (χ3n) is 3.38. The SMILES string of the molecule is Cc1c(C(=O)Nc2cccc(CNC(C)C)c2)cnn1C. The summed E-state index contributed by atoms with van der Waals surface area (Å²) in [5, 5.41) is 10.4. The first-order valence-corrected chi connectivity index (χ1v) is 7.09. The van der Waals surface area contributed by atoms with E-state index in [1.807, 2.05) is 38.2 Å². The van der Waals surface area contributed by atoms with E-state index in [1.165, 1.54) is 0 Å². The molecule has 0 saturated carbocycles. The molecule has 1 aromatic carbocycles. The molecule has 0 aliphatic carbocycles. The van der Waals surface area contributed by atoms with Crippen LogP contribution in [0, 0.1) is 6.92 Å². The quantitative estimate of drug-likeness (QED) is 0.887. The number of aromatic nitrogens is 2. The van der Waals surface area contributed by atoms with Crippen molar-refractivity contribution in [2.45, 2.75) is 33.4 Å². The number of hydrogen-bond donors (Lipinski definition) is 2. The van der Waals surface area contributed by atoms with E-state index in [0.717, 1.165) is 23.5 Å². The Labute approximate surface area is 125 Å². The molecule has 0 saturated heterocycles. The summed E-state index contributed by atoms with van der Waals surface area (Å²) in [6.07, 6.45) is 1.59. The van der Waals surface area contributed by atoms with Gasteiger partial charge >= 0.3 is 0 Å². The van der Waals surface area contributed by atoms with E-state index in [9.17, 15) is 4.79 Å².